The number of halogens is 1. The average molecular weight is 346 g/mol. The summed E-state index contributed by atoms with van der Waals surface area (Å²) in [5.41, 5.74) is 1.84. The third-order valence-corrected chi connectivity index (χ3v) is 4.11. The maximum absolute atomic E-state index is 13.0. The Morgan fingerprint density at radius 3 is 2.16 bits per heavy atom. The van der Waals surface area contributed by atoms with Crippen LogP contribution in [0.15, 0.2) is 48.5 Å². The highest BCUT2D eigenvalue weighted by atomic mass is 19.1. The predicted octanol–water partition coefficient (Wildman–Crippen LogP) is 3.77. The van der Waals surface area contributed by atoms with Gasteiger partial charge in [0.25, 0.3) is 0 Å². The fraction of sp³-hybridized carbons (Fsp3) is 0.350. The van der Waals surface area contributed by atoms with Crippen molar-refractivity contribution in [1.29, 1.82) is 0 Å². The van der Waals surface area contributed by atoms with E-state index in [2.05, 4.69) is 0 Å². The van der Waals surface area contributed by atoms with Crippen molar-refractivity contribution in [2.75, 3.05) is 14.2 Å². The van der Waals surface area contributed by atoms with Crippen molar-refractivity contribution >= 4 is 5.97 Å². The number of hydrogen-bond donors (Lipinski definition) is 0. The van der Waals surface area contributed by atoms with E-state index in [4.69, 9.17) is 14.2 Å². The zero-order valence-electron chi connectivity index (χ0n) is 14.7. The molecule has 0 fully saturated rings. The molecule has 0 aromatic heterocycles. The number of carbonyl (C=O) groups excluding carboxylic acids is 1. The van der Waals surface area contributed by atoms with Crippen molar-refractivity contribution in [2.24, 2.45) is 5.92 Å². The first-order valence-corrected chi connectivity index (χ1v) is 8.10. The van der Waals surface area contributed by atoms with Gasteiger partial charge < -0.3 is 14.2 Å². The summed E-state index contributed by atoms with van der Waals surface area (Å²) in [6.45, 7) is 2.22. The van der Waals surface area contributed by atoms with Crippen LogP contribution in [0.25, 0.3) is 0 Å². The van der Waals surface area contributed by atoms with Gasteiger partial charge in [-0.25, -0.2) is 4.39 Å². The highest BCUT2D eigenvalue weighted by Gasteiger charge is 2.27. The van der Waals surface area contributed by atoms with Gasteiger partial charge in [0.1, 0.15) is 11.6 Å². The molecule has 134 valence electrons. The van der Waals surface area contributed by atoms with Gasteiger partial charge in [-0.2, -0.15) is 0 Å². The fourth-order valence-corrected chi connectivity index (χ4v) is 2.53. The molecule has 0 heterocycles. The Morgan fingerprint density at radius 2 is 1.60 bits per heavy atom. The van der Waals surface area contributed by atoms with Crippen molar-refractivity contribution < 1.29 is 23.4 Å². The van der Waals surface area contributed by atoms with Crippen LogP contribution in [-0.4, -0.2) is 26.3 Å². The van der Waals surface area contributed by atoms with Crippen molar-refractivity contribution in [2.45, 2.75) is 26.1 Å². The summed E-state index contributed by atoms with van der Waals surface area (Å²) in [6, 6.07) is 13.7. The van der Waals surface area contributed by atoms with Crippen LogP contribution in [0, 0.1) is 11.7 Å². The quantitative estimate of drug-likeness (QED) is 0.683. The van der Waals surface area contributed by atoms with Crippen molar-refractivity contribution in [1.82, 2.24) is 0 Å². The third-order valence-electron chi connectivity index (χ3n) is 4.11. The second kappa shape index (κ2) is 9.18. The van der Waals surface area contributed by atoms with Gasteiger partial charge in [0, 0.05) is 0 Å². The largest absolute Gasteiger partial charge is 0.497 e. The monoisotopic (exact) mass is 346 g/mol. The molecule has 0 aliphatic heterocycles. The van der Waals surface area contributed by atoms with Gasteiger partial charge in [-0.1, -0.05) is 24.3 Å². The van der Waals surface area contributed by atoms with Gasteiger partial charge in [0.15, 0.2) is 0 Å². The molecule has 0 bridgehead atoms. The Labute approximate surface area is 147 Å². The van der Waals surface area contributed by atoms with E-state index in [1.807, 2.05) is 31.2 Å². The second-order valence-electron chi connectivity index (χ2n) is 5.82. The Balaban J connectivity index is 2.00. The number of benzene rings is 2. The van der Waals surface area contributed by atoms with E-state index in [1.54, 1.807) is 19.2 Å². The molecule has 2 aromatic rings. The predicted molar refractivity (Wildman–Crippen MR) is 92.9 cm³/mol. The lowest BCUT2D eigenvalue weighted by atomic mass is 9.94. The summed E-state index contributed by atoms with van der Waals surface area (Å²) in [4.78, 5) is 12.1. The first-order valence-electron chi connectivity index (χ1n) is 8.10. The number of rotatable bonds is 8. The molecule has 0 amide bonds. The van der Waals surface area contributed by atoms with Gasteiger partial charge in [-0.3, -0.25) is 4.79 Å². The van der Waals surface area contributed by atoms with E-state index >= 15 is 0 Å². The Hall–Kier alpha value is -2.40. The molecular formula is C20H23FO4. The molecule has 4 nitrogen and oxygen atoms in total. The van der Waals surface area contributed by atoms with Crippen molar-refractivity contribution in [3.8, 4) is 5.75 Å². The van der Waals surface area contributed by atoms with Gasteiger partial charge in [-0.15, -0.1) is 0 Å². The highest BCUT2D eigenvalue weighted by Crippen LogP contribution is 2.19. The van der Waals surface area contributed by atoms with E-state index in [0.717, 1.165) is 16.9 Å². The van der Waals surface area contributed by atoms with Crippen LogP contribution < -0.4 is 4.74 Å². The van der Waals surface area contributed by atoms with Gasteiger partial charge in [-0.05, 0) is 48.7 Å². The molecule has 0 N–H and O–H groups in total. The summed E-state index contributed by atoms with van der Waals surface area (Å²) in [5, 5.41) is 0. The van der Waals surface area contributed by atoms with Crippen LogP contribution in [0.4, 0.5) is 4.39 Å². The first kappa shape index (κ1) is 18.9. The molecular weight excluding hydrogens is 323 g/mol. The minimum Gasteiger partial charge on any atom is -0.497 e. The number of carbonyl (C=O) groups is 1. The van der Waals surface area contributed by atoms with Gasteiger partial charge >= 0.3 is 5.97 Å². The zero-order valence-corrected chi connectivity index (χ0v) is 14.7. The first-order chi connectivity index (χ1) is 12.0. The van der Waals surface area contributed by atoms with Gasteiger partial charge in [0.2, 0.25) is 0 Å². The number of methoxy groups -OCH3 is 2. The zero-order chi connectivity index (χ0) is 18.2. The molecule has 0 saturated heterocycles. The minimum atomic E-state index is -0.464. The molecule has 0 aliphatic carbocycles. The summed E-state index contributed by atoms with van der Waals surface area (Å²) >= 11 is 0. The highest BCUT2D eigenvalue weighted by molar-refractivity contribution is 5.73. The number of esters is 1. The molecule has 0 saturated carbocycles. The third kappa shape index (κ3) is 5.57. The Bertz CT molecular complexity index is 667. The van der Waals surface area contributed by atoms with E-state index < -0.39 is 5.92 Å². The lowest BCUT2D eigenvalue weighted by Gasteiger charge is -2.22. The lowest BCUT2D eigenvalue weighted by Crippen LogP contribution is -2.31. The van der Waals surface area contributed by atoms with E-state index in [1.165, 1.54) is 19.2 Å². The molecule has 2 aromatic carbocycles. The average Bonchev–Trinajstić information content (AvgIpc) is 2.65. The molecule has 0 unspecified atom stereocenters. The standard InChI is InChI=1S/C20H23FO4/c1-14(25-13-16-6-10-18(23-2)11-7-16)19(20(22)24-3)12-15-4-8-17(21)9-5-15/h4-11,14,19H,12-13H2,1-3H3/t14-,19-/m0/s1. The molecule has 0 radical (unpaired) electrons. The van der Waals surface area contributed by atoms with Gasteiger partial charge in [0.05, 0.1) is 32.8 Å². The minimum absolute atomic E-state index is 0.304. The maximum Gasteiger partial charge on any atom is 0.311 e. The molecule has 2 atom stereocenters. The normalized spacial score (nSPS) is 13.1. The second-order valence-corrected chi connectivity index (χ2v) is 5.82. The van der Waals surface area contributed by atoms with Crippen LogP contribution in [0.2, 0.25) is 0 Å². The van der Waals surface area contributed by atoms with Crippen LogP contribution >= 0.6 is 0 Å². The molecule has 25 heavy (non-hydrogen) atoms. The molecule has 0 spiro atoms. The summed E-state index contributed by atoms with van der Waals surface area (Å²) < 4.78 is 28.9. The van der Waals surface area contributed by atoms with Crippen LogP contribution in [0.5, 0.6) is 5.75 Å². The number of hydrogen-bond acceptors (Lipinski definition) is 4. The van der Waals surface area contributed by atoms with Crippen molar-refractivity contribution in [3.05, 3.63) is 65.5 Å². The topological polar surface area (TPSA) is 44.8 Å². The van der Waals surface area contributed by atoms with Crippen LogP contribution in [0.3, 0.4) is 0 Å². The molecule has 2 rings (SSSR count). The van der Waals surface area contributed by atoms with Crippen LogP contribution in [-0.2, 0) is 27.3 Å². The SMILES string of the molecule is COC(=O)[C@@H](Cc1ccc(F)cc1)[C@H](C)OCc1ccc(OC)cc1. The van der Waals surface area contributed by atoms with E-state index in [-0.39, 0.29) is 17.9 Å². The summed E-state index contributed by atoms with van der Waals surface area (Å²) in [7, 11) is 2.97. The fourth-order valence-electron chi connectivity index (χ4n) is 2.53. The lowest BCUT2D eigenvalue weighted by molar-refractivity contribution is -0.151. The molecule has 0 aliphatic rings. The van der Waals surface area contributed by atoms with E-state index in [0.29, 0.717) is 13.0 Å². The van der Waals surface area contributed by atoms with E-state index in [9.17, 15) is 9.18 Å². The Morgan fingerprint density at radius 1 is 1.00 bits per heavy atom. The summed E-state index contributed by atoms with van der Waals surface area (Å²) in [6.07, 6.45) is 0.0797. The smallest absolute Gasteiger partial charge is 0.311 e. The number of ether oxygens (including phenoxy) is 3. The van der Waals surface area contributed by atoms with Crippen molar-refractivity contribution in [3.63, 3.8) is 0 Å². The Kier molecular flexibility index (Phi) is 6.95. The van der Waals surface area contributed by atoms with Crippen LogP contribution in [0.1, 0.15) is 18.1 Å². The molecule has 5 heteroatoms. The maximum atomic E-state index is 13.0. The summed E-state index contributed by atoms with van der Waals surface area (Å²) in [5.74, 6) is -0.331.